The van der Waals surface area contributed by atoms with Crippen LogP contribution in [0.25, 0.3) is 0 Å². The Morgan fingerprint density at radius 2 is 1.90 bits per heavy atom. The lowest BCUT2D eigenvalue weighted by molar-refractivity contribution is -0.137. The third kappa shape index (κ3) is 3.69. The number of hydrogen-bond donors (Lipinski definition) is 0. The first-order valence-electron chi connectivity index (χ1n) is 6.15. The lowest BCUT2D eigenvalue weighted by Crippen LogP contribution is -2.05. The molecule has 0 bridgehead atoms. The molecule has 0 fully saturated rings. The molecule has 0 amide bonds. The predicted octanol–water partition coefficient (Wildman–Crippen LogP) is 3.57. The Morgan fingerprint density at radius 3 is 2.50 bits per heavy atom. The number of nitrogens with zero attached hydrogens (tertiary/aromatic N) is 2. The minimum Gasteiger partial charge on any atom is -0.294 e. The monoisotopic (exact) mass is 282 g/mol. The molecular weight excluding hydrogens is 269 g/mol. The molecule has 0 aliphatic rings. The summed E-state index contributed by atoms with van der Waals surface area (Å²) in [5.74, 6) is -0.0196. The summed E-state index contributed by atoms with van der Waals surface area (Å²) < 4.78 is 38.3. The SMILES string of the molecule is O=C(CCCn1cc(C(F)(F)F)cn1)c1ccccc1. The Bertz CT molecular complexity index is 576. The number of alkyl halides is 3. The fraction of sp³-hybridized carbons (Fsp3) is 0.286. The molecule has 106 valence electrons. The van der Waals surface area contributed by atoms with Crippen molar-refractivity contribution >= 4 is 5.78 Å². The van der Waals surface area contributed by atoms with Gasteiger partial charge in [-0.2, -0.15) is 18.3 Å². The number of ketones is 1. The maximum absolute atomic E-state index is 12.4. The lowest BCUT2D eigenvalue weighted by Gasteiger charge is -2.03. The normalized spacial score (nSPS) is 11.6. The fourth-order valence-electron chi connectivity index (χ4n) is 1.80. The lowest BCUT2D eigenvalue weighted by atomic mass is 10.1. The predicted molar refractivity (Wildman–Crippen MR) is 67.2 cm³/mol. The van der Waals surface area contributed by atoms with Gasteiger partial charge >= 0.3 is 6.18 Å². The third-order valence-electron chi connectivity index (χ3n) is 2.85. The molecule has 0 aliphatic heterocycles. The van der Waals surface area contributed by atoms with Crippen molar-refractivity contribution in [2.24, 2.45) is 0 Å². The molecule has 0 atom stereocenters. The Balaban J connectivity index is 1.85. The van der Waals surface area contributed by atoms with Gasteiger partial charge in [-0.3, -0.25) is 9.48 Å². The van der Waals surface area contributed by atoms with E-state index in [9.17, 15) is 18.0 Å². The van der Waals surface area contributed by atoms with Gasteiger partial charge in [0, 0.05) is 24.7 Å². The molecule has 6 heteroatoms. The van der Waals surface area contributed by atoms with Gasteiger partial charge in [0.15, 0.2) is 5.78 Å². The summed E-state index contributed by atoms with van der Waals surface area (Å²) in [5.41, 5.74) is -0.157. The van der Waals surface area contributed by atoms with Crippen molar-refractivity contribution in [2.45, 2.75) is 25.6 Å². The number of carbonyl (C=O) groups is 1. The Labute approximate surface area is 114 Å². The van der Waals surface area contributed by atoms with E-state index in [0.29, 0.717) is 12.0 Å². The van der Waals surface area contributed by atoms with Crippen LogP contribution in [0.1, 0.15) is 28.8 Å². The third-order valence-corrected chi connectivity index (χ3v) is 2.85. The van der Waals surface area contributed by atoms with E-state index in [1.807, 2.05) is 6.07 Å². The zero-order valence-corrected chi connectivity index (χ0v) is 10.6. The number of rotatable bonds is 5. The fourth-order valence-corrected chi connectivity index (χ4v) is 1.80. The van der Waals surface area contributed by atoms with Crippen LogP contribution in [0.15, 0.2) is 42.7 Å². The van der Waals surface area contributed by atoms with E-state index in [0.717, 1.165) is 12.4 Å². The number of aryl methyl sites for hydroxylation is 1. The quantitative estimate of drug-likeness (QED) is 0.786. The van der Waals surface area contributed by atoms with Crippen molar-refractivity contribution in [3.63, 3.8) is 0 Å². The zero-order chi connectivity index (χ0) is 14.6. The highest BCUT2D eigenvalue weighted by atomic mass is 19.4. The van der Waals surface area contributed by atoms with Gasteiger partial charge in [-0.15, -0.1) is 0 Å². The average Bonchev–Trinajstić information content (AvgIpc) is 2.88. The molecular formula is C14H13F3N2O. The van der Waals surface area contributed by atoms with E-state index in [-0.39, 0.29) is 18.7 Å². The Kier molecular flexibility index (Phi) is 4.22. The van der Waals surface area contributed by atoms with Gasteiger partial charge in [-0.1, -0.05) is 30.3 Å². The van der Waals surface area contributed by atoms with Gasteiger partial charge in [0.25, 0.3) is 0 Å². The summed E-state index contributed by atoms with van der Waals surface area (Å²) in [4.78, 5) is 11.8. The molecule has 0 unspecified atom stereocenters. The molecule has 2 rings (SSSR count). The minimum atomic E-state index is -4.38. The van der Waals surface area contributed by atoms with Crippen LogP contribution in [0.3, 0.4) is 0 Å². The number of aromatic nitrogens is 2. The maximum Gasteiger partial charge on any atom is 0.419 e. The van der Waals surface area contributed by atoms with E-state index in [1.54, 1.807) is 24.3 Å². The highest BCUT2D eigenvalue weighted by Crippen LogP contribution is 2.28. The van der Waals surface area contributed by atoms with Gasteiger partial charge in [0.05, 0.1) is 11.8 Å². The van der Waals surface area contributed by atoms with Gasteiger partial charge in [-0.05, 0) is 6.42 Å². The molecule has 3 nitrogen and oxygen atoms in total. The van der Waals surface area contributed by atoms with Crippen molar-refractivity contribution in [3.8, 4) is 0 Å². The first-order chi connectivity index (χ1) is 9.47. The summed E-state index contributed by atoms with van der Waals surface area (Å²) in [5, 5.41) is 3.64. The van der Waals surface area contributed by atoms with Crippen LogP contribution in [0.5, 0.6) is 0 Å². The number of Topliss-reactive ketones (excluding diaryl/α,β-unsaturated/α-hetero) is 1. The van der Waals surface area contributed by atoms with Crippen LogP contribution >= 0.6 is 0 Å². The summed E-state index contributed by atoms with van der Waals surface area (Å²) in [6.45, 7) is 0.286. The van der Waals surface area contributed by atoms with Gasteiger partial charge in [0.1, 0.15) is 0 Å². The molecule has 1 aromatic carbocycles. The van der Waals surface area contributed by atoms with Crippen molar-refractivity contribution in [1.82, 2.24) is 9.78 Å². The highest BCUT2D eigenvalue weighted by Gasteiger charge is 2.32. The Hall–Kier alpha value is -2.11. The van der Waals surface area contributed by atoms with Gasteiger partial charge < -0.3 is 0 Å². The van der Waals surface area contributed by atoms with Gasteiger partial charge in [0.2, 0.25) is 0 Å². The van der Waals surface area contributed by atoms with Crippen molar-refractivity contribution in [3.05, 3.63) is 53.9 Å². The summed E-state index contributed by atoms with van der Waals surface area (Å²) in [6.07, 6.45) is -1.90. The van der Waals surface area contributed by atoms with E-state index >= 15 is 0 Å². The molecule has 0 saturated carbocycles. The standard InChI is InChI=1S/C14H13F3N2O/c15-14(16,17)12-9-18-19(10-12)8-4-7-13(20)11-5-2-1-3-6-11/h1-3,5-6,9-10H,4,7-8H2. The molecule has 20 heavy (non-hydrogen) atoms. The van der Waals surface area contributed by atoms with E-state index in [4.69, 9.17) is 0 Å². The van der Waals surface area contributed by atoms with E-state index in [2.05, 4.69) is 5.10 Å². The molecule has 0 saturated heterocycles. The molecule has 1 aromatic heterocycles. The van der Waals surface area contributed by atoms with Crippen molar-refractivity contribution < 1.29 is 18.0 Å². The second kappa shape index (κ2) is 5.90. The van der Waals surface area contributed by atoms with Gasteiger partial charge in [-0.25, -0.2) is 0 Å². The second-order valence-electron chi connectivity index (χ2n) is 4.38. The Morgan fingerprint density at radius 1 is 1.20 bits per heavy atom. The summed E-state index contributed by atoms with van der Waals surface area (Å²) >= 11 is 0. The number of benzene rings is 1. The average molecular weight is 282 g/mol. The van der Waals surface area contributed by atoms with Crippen molar-refractivity contribution in [2.75, 3.05) is 0 Å². The highest BCUT2D eigenvalue weighted by molar-refractivity contribution is 5.95. The van der Waals surface area contributed by atoms with E-state index < -0.39 is 11.7 Å². The largest absolute Gasteiger partial charge is 0.419 e. The summed E-state index contributed by atoms with van der Waals surface area (Å²) in [7, 11) is 0. The summed E-state index contributed by atoms with van der Waals surface area (Å²) in [6, 6.07) is 8.81. The zero-order valence-electron chi connectivity index (χ0n) is 10.6. The van der Waals surface area contributed by atoms with Crippen LogP contribution in [-0.4, -0.2) is 15.6 Å². The van der Waals surface area contributed by atoms with Crippen LogP contribution < -0.4 is 0 Å². The first kappa shape index (κ1) is 14.3. The molecule has 0 radical (unpaired) electrons. The number of carbonyl (C=O) groups excluding carboxylic acids is 1. The van der Waals surface area contributed by atoms with Crippen molar-refractivity contribution in [1.29, 1.82) is 0 Å². The molecule has 2 aromatic rings. The van der Waals surface area contributed by atoms with Crippen LogP contribution in [-0.2, 0) is 12.7 Å². The maximum atomic E-state index is 12.4. The first-order valence-corrected chi connectivity index (χ1v) is 6.15. The molecule has 0 spiro atoms. The second-order valence-corrected chi connectivity index (χ2v) is 4.38. The smallest absolute Gasteiger partial charge is 0.294 e. The number of hydrogen-bond acceptors (Lipinski definition) is 2. The van der Waals surface area contributed by atoms with Crippen LogP contribution in [0.2, 0.25) is 0 Å². The minimum absolute atomic E-state index is 0.0196. The number of halogens is 3. The molecule has 0 aliphatic carbocycles. The van der Waals surface area contributed by atoms with Crippen LogP contribution in [0.4, 0.5) is 13.2 Å². The topological polar surface area (TPSA) is 34.9 Å². The van der Waals surface area contributed by atoms with Crippen LogP contribution in [0, 0.1) is 0 Å². The van der Waals surface area contributed by atoms with E-state index in [1.165, 1.54) is 4.68 Å². The molecule has 0 N–H and O–H groups in total. The molecule has 1 heterocycles.